The van der Waals surface area contributed by atoms with Crippen molar-refractivity contribution >= 4 is 20.0 Å². The van der Waals surface area contributed by atoms with E-state index in [4.69, 9.17) is 23.7 Å². The first-order chi connectivity index (χ1) is 31.8. The van der Waals surface area contributed by atoms with E-state index in [1.54, 1.807) is 88.4 Å². The summed E-state index contributed by atoms with van der Waals surface area (Å²) in [5.74, 6) is 0.683. The number of aromatic amines is 1. The maximum Gasteiger partial charge on any atom is 0.434 e. The summed E-state index contributed by atoms with van der Waals surface area (Å²) in [5.41, 5.74) is 0.316. The highest BCUT2D eigenvalue weighted by Crippen LogP contribution is 2.33. The summed E-state index contributed by atoms with van der Waals surface area (Å²) in [6, 6.07) is 21.9. The third-order valence-electron chi connectivity index (χ3n) is 10.2. The predicted octanol–water partition coefficient (Wildman–Crippen LogP) is 11.3. The zero-order valence-corrected chi connectivity index (χ0v) is 40.1. The summed E-state index contributed by atoms with van der Waals surface area (Å²) in [5, 5.41) is 0. The topological polar surface area (TPSA) is 153 Å². The molecule has 0 fully saturated rings. The van der Waals surface area contributed by atoms with Gasteiger partial charge in [0, 0.05) is 55.5 Å². The molecule has 4 heterocycles. The van der Waals surface area contributed by atoms with Gasteiger partial charge in [-0.25, -0.2) is 9.97 Å². The zero-order chi connectivity index (χ0) is 50.1. The molecule has 0 aliphatic rings. The van der Waals surface area contributed by atoms with Crippen molar-refractivity contribution in [2.45, 2.75) is 72.5 Å². The van der Waals surface area contributed by atoms with Gasteiger partial charge in [0.25, 0.3) is 0 Å². The number of aromatic nitrogens is 6. The minimum Gasteiger partial charge on any atom is -0.492 e. The molecule has 6 aromatic rings. The molecule has 13 nitrogen and oxygen atoms in total. The van der Waals surface area contributed by atoms with Crippen LogP contribution in [0.5, 0.6) is 11.5 Å². The van der Waals surface area contributed by atoms with E-state index in [0.29, 0.717) is 40.6 Å². The van der Waals surface area contributed by atoms with Gasteiger partial charge in [0.2, 0.25) is 0 Å². The Bertz CT molecular complexity index is 2590. The fraction of sp³-hybridized carbons (Fsp3) is 0.375. The normalized spacial score (nSPS) is 12.2. The number of nitrogens with one attached hydrogen (secondary N) is 1. The van der Waals surface area contributed by atoms with Gasteiger partial charge in [0.15, 0.2) is 5.69 Å². The molecule has 0 atom stereocenters. The summed E-state index contributed by atoms with van der Waals surface area (Å²) in [4.78, 5) is 42.1. The van der Waals surface area contributed by atoms with Gasteiger partial charge in [0.1, 0.15) is 48.8 Å². The number of hydrogen-bond donors (Lipinski definition) is 1. The molecule has 6 rings (SSSR count). The summed E-state index contributed by atoms with van der Waals surface area (Å²) in [7, 11) is 1.34. The van der Waals surface area contributed by atoms with Crippen molar-refractivity contribution in [3.8, 4) is 56.8 Å². The second kappa shape index (κ2) is 21.6. The lowest BCUT2D eigenvalue weighted by Crippen LogP contribution is -2.32. The maximum absolute atomic E-state index is 13.4. The smallest absolute Gasteiger partial charge is 0.434 e. The van der Waals surface area contributed by atoms with Crippen molar-refractivity contribution in [3.63, 3.8) is 0 Å². The molecule has 0 spiro atoms. The van der Waals surface area contributed by atoms with Crippen LogP contribution >= 0.6 is 0 Å². The van der Waals surface area contributed by atoms with Crippen LogP contribution in [-0.2, 0) is 42.9 Å². The molecule has 0 saturated carbocycles. The van der Waals surface area contributed by atoms with Crippen LogP contribution < -0.4 is 9.47 Å². The number of hydrogen-bond acceptors (Lipinski definition) is 11. The number of esters is 2. The number of H-pyrrole nitrogens is 1. The van der Waals surface area contributed by atoms with Crippen molar-refractivity contribution in [3.05, 3.63) is 109 Å². The van der Waals surface area contributed by atoms with Crippen LogP contribution in [-0.4, -0.2) is 83.5 Å². The van der Waals surface area contributed by atoms with Gasteiger partial charge in [-0.1, -0.05) is 19.6 Å². The van der Waals surface area contributed by atoms with E-state index in [-0.39, 0.29) is 43.5 Å². The highest BCUT2D eigenvalue weighted by Gasteiger charge is 2.36. The second-order valence-corrected chi connectivity index (χ2v) is 23.8. The molecule has 4 aromatic heterocycles. The standard InChI is InChI=1S/C27H34F3N3O4Si.C21H20F3N3O3/c1-26(2,25(34)35-3)17-37-21-10-7-19(8-11-21)22-12-9-20(15-31-22)24-32-23(27(28,29)30)16-33(24)18-36-13-14-38(4,5)6;1-20(2,19(28)29-3)12-30-15-7-4-13(5-8-15)16-9-6-14(10-25-16)18-26-11-17(27-18)21(22,23)24/h7-12,15-16H,13-14,17-18H2,1-6H3;4-11H,12H2,1-3H3,(H,26,27). The Hall–Kier alpha value is -6.54. The molecule has 0 aliphatic carbocycles. The molecule has 0 bridgehead atoms. The molecule has 0 radical (unpaired) electrons. The largest absolute Gasteiger partial charge is 0.492 e. The molecular formula is C48H54F6N6O7Si. The fourth-order valence-electron chi connectivity index (χ4n) is 6.08. The van der Waals surface area contributed by atoms with Gasteiger partial charge < -0.3 is 33.2 Å². The SMILES string of the molecule is COC(=O)C(C)(C)COc1ccc(-c2ccc(-c3nc(C(F)(F)F)cn3COCC[Si](C)(C)C)cn2)cc1.COC(=O)C(C)(C)COc1ccc(-c2ccc(-c3ncc(C(F)(F)F)[nH]3)cn2)cc1. The van der Waals surface area contributed by atoms with Gasteiger partial charge in [0.05, 0.1) is 42.6 Å². The summed E-state index contributed by atoms with van der Waals surface area (Å²) < 4.78 is 106. The van der Waals surface area contributed by atoms with Crippen LogP contribution in [0.3, 0.4) is 0 Å². The average Bonchev–Trinajstić information content (AvgIpc) is 3.99. The number of ether oxygens (including phenoxy) is 5. The first kappa shape index (κ1) is 52.4. The van der Waals surface area contributed by atoms with Crippen LogP contribution in [0.15, 0.2) is 97.6 Å². The predicted molar refractivity (Wildman–Crippen MR) is 245 cm³/mol. The number of benzene rings is 2. The molecule has 0 amide bonds. The Labute approximate surface area is 391 Å². The molecule has 0 unspecified atom stereocenters. The molecular weight excluding hydrogens is 915 g/mol. The Morgan fingerprint density at radius 3 is 1.50 bits per heavy atom. The first-order valence-electron chi connectivity index (χ1n) is 21.2. The van der Waals surface area contributed by atoms with Crippen LogP contribution in [0, 0.1) is 10.8 Å². The van der Waals surface area contributed by atoms with Crippen LogP contribution in [0.4, 0.5) is 26.3 Å². The minimum atomic E-state index is -4.57. The van der Waals surface area contributed by atoms with E-state index in [1.807, 2.05) is 12.1 Å². The van der Waals surface area contributed by atoms with Gasteiger partial charge in [-0.05, 0) is 107 Å². The third kappa shape index (κ3) is 14.5. The van der Waals surface area contributed by atoms with Gasteiger partial charge >= 0.3 is 24.3 Å². The monoisotopic (exact) mass is 968 g/mol. The number of imidazole rings is 2. The van der Waals surface area contributed by atoms with Gasteiger partial charge in [-0.3, -0.25) is 19.6 Å². The van der Waals surface area contributed by atoms with E-state index in [1.165, 1.54) is 31.2 Å². The number of pyridine rings is 2. The summed E-state index contributed by atoms with van der Waals surface area (Å²) in [6.45, 7) is 14.3. The number of rotatable bonds is 17. The van der Waals surface area contributed by atoms with Crippen molar-refractivity contribution in [1.29, 1.82) is 0 Å². The minimum absolute atomic E-state index is 0.0289. The number of halogens is 6. The lowest BCUT2D eigenvalue weighted by Gasteiger charge is -2.21. The molecule has 68 heavy (non-hydrogen) atoms. The fourth-order valence-corrected chi connectivity index (χ4v) is 6.83. The van der Waals surface area contributed by atoms with E-state index >= 15 is 0 Å². The molecule has 20 heteroatoms. The van der Waals surface area contributed by atoms with E-state index in [9.17, 15) is 35.9 Å². The quantitative estimate of drug-likeness (QED) is 0.0402. The first-order valence-corrected chi connectivity index (χ1v) is 24.9. The lowest BCUT2D eigenvalue weighted by atomic mass is 9.95. The van der Waals surface area contributed by atoms with Gasteiger partial charge in [-0.2, -0.15) is 26.3 Å². The highest BCUT2D eigenvalue weighted by atomic mass is 28.3. The van der Waals surface area contributed by atoms with Crippen LogP contribution in [0.1, 0.15) is 39.1 Å². The van der Waals surface area contributed by atoms with Crippen LogP contribution in [0.2, 0.25) is 25.7 Å². The van der Waals surface area contributed by atoms with Crippen molar-refractivity contribution in [1.82, 2.24) is 29.5 Å². The number of carbonyl (C=O) groups is 2. The van der Waals surface area contributed by atoms with Crippen molar-refractivity contribution < 1.29 is 59.6 Å². The zero-order valence-electron chi connectivity index (χ0n) is 39.1. The Balaban J connectivity index is 0.000000261. The Kier molecular flexibility index (Phi) is 16.7. The molecule has 0 saturated heterocycles. The van der Waals surface area contributed by atoms with E-state index < -0.39 is 42.6 Å². The summed E-state index contributed by atoms with van der Waals surface area (Å²) >= 11 is 0. The highest BCUT2D eigenvalue weighted by molar-refractivity contribution is 6.76. The Morgan fingerprint density at radius 2 is 1.10 bits per heavy atom. The number of carbonyl (C=O) groups excluding carboxylic acids is 2. The molecule has 364 valence electrons. The number of alkyl halides is 6. The van der Waals surface area contributed by atoms with Crippen molar-refractivity contribution in [2.24, 2.45) is 10.8 Å². The van der Waals surface area contributed by atoms with E-state index in [0.717, 1.165) is 29.6 Å². The van der Waals surface area contributed by atoms with Gasteiger partial charge in [-0.15, -0.1) is 0 Å². The second-order valence-electron chi connectivity index (χ2n) is 18.1. The van der Waals surface area contributed by atoms with Crippen molar-refractivity contribution in [2.75, 3.05) is 34.0 Å². The lowest BCUT2D eigenvalue weighted by molar-refractivity contribution is -0.153. The molecule has 1 N–H and O–H groups in total. The maximum atomic E-state index is 13.4. The van der Waals surface area contributed by atoms with Crippen LogP contribution in [0.25, 0.3) is 45.3 Å². The Morgan fingerprint density at radius 1 is 0.632 bits per heavy atom. The number of methoxy groups -OCH3 is 2. The van der Waals surface area contributed by atoms with E-state index in [2.05, 4.69) is 44.6 Å². The molecule has 2 aromatic carbocycles. The average molecular weight is 969 g/mol. The molecule has 0 aliphatic heterocycles. The number of nitrogens with zero attached hydrogens (tertiary/aromatic N) is 5. The third-order valence-corrected chi connectivity index (χ3v) is 11.9. The summed E-state index contributed by atoms with van der Waals surface area (Å²) in [6.07, 6.45) is -4.37.